The average molecular weight is 421 g/mol. The first-order valence-electron chi connectivity index (χ1n) is 7.62. The van der Waals surface area contributed by atoms with Crippen molar-refractivity contribution in [2.75, 3.05) is 6.54 Å². The summed E-state index contributed by atoms with van der Waals surface area (Å²) in [7, 11) is 0. The predicted molar refractivity (Wildman–Crippen MR) is 105 cm³/mol. The SMILES string of the molecule is Cc1nc(-c2ccc(CCNC(=O)Cc3ccc(Br)cc3)s2)cs1. The van der Waals surface area contributed by atoms with Crippen molar-refractivity contribution in [3.63, 3.8) is 0 Å². The molecule has 1 amide bonds. The van der Waals surface area contributed by atoms with Gasteiger partial charge in [0.05, 0.1) is 22.0 Å². The van der Waals surface area contributed by atoms with Crippen LogP contribution < -0.4 is 5.32 Å². The third-order valence-electron chi connectivity index (χ3n) is 3.50. The molecule has 3 nitrogen and oxygen atoms in total. The van der Waals surface area contributed by atoms with Crippen molar-refractivity contribution < 1.29 is 4.79 Å². The Kier molecular flexibility index (Phi) is 5.81. The number of hydrogen-bond donors (Lipinski definition) is 1. The van der Waals surface area contributed by atoms with Crippen LogP contribution >= 0.6 is 38.6 Å². The van der Waals surface area contributed by atoms with Crippen LogP contribution in [-0.4, -0.2) is 17.4 Å². The number of halogens is 1. The van der Waals surface area contributed by atoms with Crippen LogP contribution in [0.5, 0.6) is 0 Å². The van der Waals surface area contributed by atoms with Gasteiger partial charge in [0.25, 0.3) is 0 Å². The van der Waals surface area contributed by atoms with Crippen LogP contribution in [0.1, 0.15) is 15.4 Å². The fraction of sp³-hybridized carbons (Fsp3) is 0.222. The van der Waals surface area contributed by atoms with Crippen LogP contribution in [-0.2, 0) is 17.6 Å². The number of thiazole rings is 1. The summed E-state index contributed by atoms with van der Waals surface area (Å²) in [6, 6.07) is 12.1. The van der Waals surface area contributed by atoms with Crippen molar-refractivity contribution >= 4 is 44.5 Å². The van der Waals surface area contributed by atoms with E-state index in [1.54, 1.807) is 22.7 Å². The second-order valence-electron chi connectivity index (χ2n) is 5.42. The van der Waals surface area contributed by atoms with E-state index in [-0.39, 0.29) is 5.91 Å². The quantitative estimate of drug-likeness (QED) is 0.619. The molecule has 1 N–H and O–H groups in total. The van der Waals surface area contributed by atoms with E-state index in [1.165, 1.54) is 9.75 Å². The topological polar surface area (TPSA) is 42.0 Å². The summed E-state index contributed by atoms with van der Waals surface area (Å²) in [5.41, 5.74) is 2.07. The number of benzene rings is 1. The Labute approximate surface area is 157 Å². The summed E-state index contributed by atoms with van der Waals surface area (Å²) in [6.45, 7) is 2.68. The summed E-state index contributed by atoms with van der Waals surface area (Å²) in [6.07, 6.45) is 1.26. The van der Waals surface area contributed by atoms with E-state index in [1.807, 2.05) is 31.2 Å². The smallest absolute Gasteiger partial charge is 0.224 e. The van der Waals surface area contributed by atoms with Crippen molar-refractivity contribution in [2.24, 2.45) is 0 Å². The van der Waals surface area contributed by atoms with Gasteiger partial charge in [-0.3, -0.25) is 4.79 Å². The highest BCUT2D eigenvalue weighted by Crippen LogP contribution is 2.29. The maximum atomic E-state index is 12.0. The van der Waals surface area contributed by atoms with Gasteiger partial charge < -0.3 is 5.32 Å². The molecule has 0 aliphatic carbocycles. The highest BCUT2D eigenvalue weighted by molar-refractivity contribution is 9.10. The summed E-state index contributed by atoms with van der Waals surface area (Å²) < 4.78 is 1.02. The standard InChI is InChI=1S/C18H17BrN2OS2/c1-12-21-16(11-23-12)17-7-6-15(24-17)8-9-20-18(22)10-13-2-4-14(19)5-3-13/h2-7,11H,8-10H2,1H3,(H,20,22). The number of hydrogen-bond acceptors (Lipinski definition) is 4. The minimum absolute atomic E-state index is 0.0595. The van der Waals surface area contributed by atoms with E-state index in [0.717, 1.165) is 27.2 Å². The van der Waals surface area contributed by atoms with Gasteiger partial charge in [-0.15, -0.1) is 22.7 Å². The number of nitrogens with one attached hydrogen (secondary N) is 1. The molecule has 3 aromatic rings. The van der Waals surface area contributed by atoms with Gasteiger partial charge in [0.1, 0.15) is 0 Å². The third-order valence-corrected chi connectivity index (χ3v) is 5.97. The maximum Gasteiger partial charge on any atom is 0.224 e. The predicted octanol–water partition coefficient (Wildman–Crippen LogP) is 4.84. The van der Waals surface area contributed by atoms with Gasteiger partial charge in [0, 0.05) is 21.3 Å². The second-order valence-corrected chi connectivity index (χ2v) is 8.57. The second kappa shape index (κ2) is 8.05. The lowest BCUT2D eigenvalue weighted by molar-refractivity contribution is -0.120. The van der Waals surface area contributed by atoms with E-state index < -0.39 is 0 Å². The van der Waals surface area contributed by atoms with E-state index in [9.17, 15) is 4.79 Å². The normalized spacial score (nSPS) is 10.8. The number of carbonyl (C=O) groups is 1. The van der Waals surface area contributed by atoms with Crippen LogP contribution in [0.15, 0.2) is 46.3 Å². The van der Waals surface area contributed by atoms with Crippen LogP contribution in [0.4, 0.5) is 0 Å². The van der Waals surface area contributed by atoms with E-state index in [0.29, 0.717) is 13.0 Å². The van der Waals surface area contributed by atoms with Crippen molar-refractivity contribution in [3.05, 3.63) is 61.7 Å². The van der Waals surface area contributed by atoms with Gasteiger partial charge in [-0.2, -0.15) is 0 Å². The number of aryl methyl sites for hydroxylation is 1. The molecule has 0 atom stereocenters. The third kappa shape index (κ3) is 4.75. The zero-order valence-electron chi connectivity index (χ0n) is 13.2. The minimum Gasteiger partial charge on any atom is -0.355 e. The number of amides is 1. The molecule has 0 radical (unpaired) electrons. The molecule has 124 valence electrons. The van der Waals surface area contributed by atoms with E-state index in [4.69, 9.17) is 0 Å². The van der Waals surface area contributed by atoms with E-state index >= 15 is 0 Å². The van der Waals surface area contributed by atoms with Gasteiger partial charge in [0.15, 0.2) is 0 Å². The summed E-state index contributed by atoms with van der Waals surface area (Å²) >= 11 is 6.81. The van der Waals surface area contributed by atoms with Crippen LogP contribution in [0.25, 0.3) is 10.6 Å². The van der Waals surface area contributed by atoms with Crippen molar-refractivity contribution in [1.29, 1.82) is 0 Å². The largest absolute Gasteiger partial charge is 0.355 e. The summed E-state index contributed by atoms with van der Waals surface area (Å²) in [4.78, 5) is 19.0. The molecule has 3 rings (SSSR count). The fourth-order valence-electron chi connectivity index (χ4n) is 2.30. The molecule has 2 heterocycles. The molecular weight excluding hydrogens is 404 g/mol. The molecule has 0 fully saturated rings. The Balaban J connectivity index is 1.47. The van der Waals surface area contributed by atoms with Gasteiger partial charge in [0.2, 0.25) is 5.91 Å². The highest BCUT2D eigenvalue weighted by atomic mass is 79.9. The molecule has 0 saturated carbocycles. The Morgan fingerprint density at radius 1 is 1.21 bits per heavy atom. The lowest BCUT2D eigenvalue weighted by Gasteiger charge is -2.04. The number of aromatic nitrogens is 1. The van der Waals surface area contributed by atoms with Gasteiger partial charge in [-0.05, 0) is 43.2 Å². The Bertz CT molecular complexity index is 824. The first-order valence-corrected chi connectivity index (χ1v) is 10.1. The maximum absolute atomic E-state index is 12.0. The van der Waals surface area contributed by atoms with Crippen molar-refractivity contribution in [3.8, 4) is 10.6 Å². The molecule has 1 aromatic carbocycles. The number of rotatable bonds is 6. The first-order chi connectivity index (χ1) is 11.6. The van der Waals surface area contributed by atoms with Gasteiger partial charge in [-0.1, -0.05) is 28.1 Å². The molecule has 0 bridgehead atoms. The number of carbonyl (C=O) groups excluding carboxylic acids is 1. The molecule has 0 aliphatic rings. The lowest BCUT2D eigenvalue weighted by Crippen LogP contribution is -2.27. The number of nitrogens with zero attached hydrogens (tertiary/aromatic N) is 1. The fourth-order valence-corrected chi connectivity index (χ4v) is 4.22. The molecule has 0 unspecified atom stereocenters. The van der Waals surface area contributed by atoms with Gasteiger partial charge in [-0.25, -0.2) is 4.98 Å². The molecular formula is C18H17BrN2OS2. The van der Waals surface area contributed by atoms with Gasteiger partial charge >= 0.3 is 0 Å². The Morgan fingerprint density at radius 3 is 2.71 bits per heavy atom. The Morgan fingerprint density at radius 2 is 2.00 bits per heavy atom. The molecule has 0 aliphatic heterocycles. The van der Waals surface area contributed by atoms with Crippen LogP contribution in [0, 0.1) is 6.92 Å². The summed E-state index contributed by atoms with van der Waals surface area (Å²) in [5, 5.41) is 6.16. The molecule has 24 heavy (non-hydrogen) atoms. The number of thiophene rings is 1. The molecule has 2 aromatic heterocycles. The van der Waals surface area contributed by atoms with Crippen molar-refractivity contribution in [1.82, 2.24) is 10.3 Å². The molecule has 0 spiro atoms. The zero-order valence-corrected chi connectivity index (χ0v) is 16.4. The summed E-state index contributed by atoms with van der Waals surface area (Å²) in [5.74, 6) is 0.0595. The monoisotopic (exact) mass is 420 g/mol. The Hall–Kier alpha value is -1.50. The minimum atomic E-state index is 0.0595. The lowest BCUT2D eigenvalue weighted by atomic mass is 10.1. The van der Waals surface area contributed by atoms with Crippen molar-refractivity contribution in [2.45, 2.75) is 19.8 Å². The molecule has 0 saturated heterocycles. The highest BCUT2D eigenvalue weighted by Gasteiger charge is 2.07. The first kappa shape index (κ1) is 17.3. The zero-order chi connectivity index (χ0) is 16.9. The van der Waals surface area contributed by atoms with E-state index in [2.05, 4.69) is 43.7 Å². The molecule has 6 heteroatoms. The average Bonchev–Trinajstić information content (AvgIpc) is 3.18. The van der Waals surface area contributed by atoms with Crippen LogP contribution in [0.3, 0.4) is 0 Å². The van der Waals surface area contributed by atoms with Crippen LogP contribution in [0.2, 0.25) is 0 Å².